The molecule has 0 saturated heterocycles. The Morgan fingerprint density at radius 1 is 1.32 bits per heavy atom. The van der Waals surface area contributed by atoms with E-state index in [-0.39, 0.29) is 22.9 Å². The minimum atomic E-state index is -0.580. The van der Waals surface area contributed by atoms with Crippen LogP contribution >= 0.6 is 0 Å². The van der Waals surface area contributed by atoms with Crippen LogP contribution in [0.3, 0.4) is 0 Å². The number of hydrogen-bond donors (Lipinski definition) is 3. The molecule has 0 aromatic heterocycles. The Morgan fingerprint density at radius 2 is 2.08 bits per heavy atom. The van der Waals surface area contributed by atoms with Gasteiger partial charge in [-0.2, -0.15) is 5.10 Å². The Balaban J connectivity index is 1.98. The van der Waals surface area contributed by atoms with Crippen LogP contribution in [-0.4, -0.2) is 28.2 Å². The van der Waals surface area contributed by atoms with E-state index in [1.807, 2.05) is 31.2 Å². The quantitative estimate of drug-likeness (QED) is 0.424. The average molecular weight is 342 g/mol. The van der Waals surface area contributed by atoms with E-state index < -0.39 is 11.0 Å². The molecule has 0 aliphatic rings. The first-order chi connectivity index (χ1) is 11.9. The standard InChI is InChI=1S/C17H18N4O4/c1-11-4-3-5-14(8-11)19-12(2)17(23)20-18-10-13-9-15(21(24)25)6-7-16(13)22/h3-10,12,19,22H,1-2H3,(H,20,23)/b18-10-/t12-/m0/s1. The molecule has 0 radical (unpaired) electrons. The number of benzene rings is 2. The summed E-state index contributed by atoms with van der Waals surface area (Å²) < 4.78 is 0. The molecule has 0 aliphatic heterocycles. The van der Waals surface area contributed by atoms with E-state index in [1.54, 1.807) is 6.92 Å². The lowest BCUT2D eigenvalue weighted by molar-refractivity contribution is -0.384. The number of non-ortho nitro benzene ring substituents is 1. The molecular formula is C17H18N4O4. The van der Waals surface area contributed by atoms with Crippen molar-refractivity contribution in [1.82, 2.24) is 5.43 Å². The van der Waals surface area contributed by atoms with Crippen molar-refractivity contribution in [3.63, 3.8) is 0 Å². The Kier molecular flexibility index (Phi) is 5.67. The maximum Gasteiger partial charge on any atom is 0.270 e. The zero-order chi connectivity index (χ0) is 18.4. The molecular weight excluding hydrogens is 324 g/mol. The molecule has 0 saturated carbocycles. The third kappa shape index (κ3) is 5.03. The van der Waals surface area contributed by atoms with Crippen molar-refractivity contribution >= 4 is 23.5 Å². The van der Waals surface area contributed by atoms with Crippen molar-refractivity contribution in [3.8, 4) is 5.75 Å². The van der Waals surface area contributed by atoms with Crippen molar-refractivity contribution in [1.29, 1.82) is 0 Å². The molecule has 8 nitrogen and oxygen atoms in total. The smallest absolute Gasteiger partial charge is 0.270 e. The van der Waals surface area contributed by atoms with Crippen LogP contribution in [0.1, 0.15) is 18.1 Å². The lowest BCUT2D eigenvalue weighted by atomic mass is 10.2. The zero-order valence-electron chi connectivity index (χ0n) is 13.8. The molecule has 8 heteroatoms. The van der Waals surface area contributed by atoms with Gasteiger partial charge in [0.1, 0.15) is 11.8 Å². The monoisotopic (exact) mass is 342 g/mol. The van der Waals surface area contributed by atoms with E-state index in [0.717, 1.165) is 17.5 Å². The van der Waals surface area contributed by atoms with Gasteiger partial charge in [0.15, 0.2) is 0 Å². The molecule has 2 rings (SSSR count). The number of phenols is 1. The second-order valence-corrected chi connectivity index (χ2v) is 5.47. The van der Waals surface area contributed by atoms with Crippen LogP contribution in [0.15, 0.2) is 47.6 Å². The van der Waals surface area contributed by atoms with Crippen molar-refractivity contribution in [2.24, 2.45) is 5.10 Å². The van der Waals surface area contributed by atoms with Gasteiger partial charge in [-0.3, -0.25) is 14.9 Å². The molecule has 130 valence electrons. The summed E-state index contributed by atoms with van der Waals surface area (Å²) in [7, 11) is 0. The number of rotatable bonds is 6. The van der Waals surface area contributed by atoms with E-state index >= 15 is 0 Å². The zero-order valence-corrected chi connectivity index (χ0v) is 13.8. The van der Waals surface area contributed by atoms with Crippen LogP contribution in [-0.2, 0) is 4.79 Å². The Bertz CT molecular complexity index is 820. The van der Waals surface area contributed by atoms with Gasteiger partial charge in [0.05, 0.1) is 11.1 Å². The van der Waals surface area contributed by atoms with Crippen LogP contribution in [0.2, 0.25) is 0 Å². The SMILES string of the molecule is Cc1cccc(N[C@@H](C)C(=O)N/N=C\c2cc([N+](=O)[O-])ccc2O)c1. The molecule has 1 atom stereocenters. The van der Waals surface area contributed by atoms with Gasteiger partial charge in [-0.05, 0) is 37.6 Å². The number of nitro benzene ring substituents is 1. The maximum atomic E-state index is 12.0. The number of aryl methyl sites for hydroxylation is 1. The molecule has 0 fully saturated rings. The topological polar surface area (TPSA) is 117 Å². The number of nitro groups is 1. The van der Waals surface area contributed by atoms with Crippen LogP contribution in [0, 0.1) is 17.0 Å². The number of anilines is 1. The predicted molar refractivity (Wildman–Crippen MR) is 94.8 cm³/mol. The third-order valence-corrected chi connectivity index (χ3v) is 3.39. The average Bonchev–Trinajstić information content (AvgIpc) is 2.56. The van der Waals surface area contributed by atoms with Crippen LogP contribution in [0.25, 0.3) is 0 Å². The third-order valence-electron chi connectivity index (χ3n) is 3.39. The van der Waals surface area contributed by atoms with E-state index in [0.29, 0.717) is 0 Å². The second-order valence-electron chi connectivity index (χ2n) is 5.47. The van der Waals surface area contributed by atoms with Crippen LogP contribution in [0.5, 0.6) is 5.75 Å². The molecule has 3 N–H and O–H groups in total. The molecule has 0 heterocycles. The summed E-state index contributed by atoms with van der Waals surface area (Å²) in [6.07, 6.45) is 1.15. The van der Waals surface area contributed by atoms with Gasteiger partial charge in [-0.15, -0.1) is 0 Å². The fourth-order valence-electron chi connectivity index (χ4n) is 2.07. The first-order valence-electron chi connectivity index (χ1n) is 7.50. The first-order valence-corrected chi connectivity index (χ1v) is 7.50. The summed E-state index contributed by atoms with van der Waals surface area (Å²) in [6, 6.07) is 10.6. The van der Waals surface area contributed by atoms with Gasteiger partial charge in [0.25, 0.3) is 11.6 Å². The summed E-state index contributed by atoms with van der Waals surface area (Å²) in [5.41, 5.74) is 4.16. The highest BCUT2D eigenvalue weighted by Gasteiger charge is 2.12. The van der Waals surface area contributed by atoms with E-state index in [4.69, 9.17) is 0 Å². The van der Waals surface area contributed by atoms with E-state index in [9.17, 15) is 20.0 Å². The number of carbonyl (C=O) groups is 1. The summed E-state index contributed by atoms with van der Waals surface area (Å²) >= 11 is 0. The van der Waals surface area contributed by atoms with Gasteiger partial charge >= 0.3 is 0 Å². The number of amides is 1. The lowest BCUT2D eigenvalue weighted by Gasteiger charge is -2.13. The maximum absolute atomic E-state index is 12.0. The Hall–Kier alpha value is -3.42. The van der Waals surface area contributed by atoms with E-state index in [1.165, 1.54) is 18.2 Å². The fourth-order valence-corrected chi connectivity index (χ4v) is 2.07. The molecule has 0 spiro atoms. The molecule has 2 aromatic carbocycles. The lowest BCUT2D eigenvalue weighted by Crippen LogP contribution is -2.34. The number of phenolic OH excluding ortho intramolecular Hbond substituents is 1. The highest BCUT2D eigenvalue weighted by molar-refractivity contribution is 5.88. The van der Waals surface area contributed by atoms with Crippen molar-refractivity contribution in [3.05, 3.63) is 63.7 Å². The molecule has 0 aliphatic carbocycles. The van der Waals surface area contributed by atoms with Gasteiger partial charge in [0, 0.05) is 23.4 Å². The van der Waals surface area contributed by atoms with Gasteiger partial charge in [-0.1, -0.05) is 12.1 Å². The van der Waals surface area contributed by atoms with Crippen molar-refractivity contribution in [2.75, 3.05) is 5.32 Å². The molecule has 25 heavy (non-hydrogen) atoms. The fraction of sp³-hybridized carbons (Fsp3) is 0.176. The number of carbonyl (C=O) groups excluding carboxylic acids is 1. The van der Waals surface area contributed by atoms with Crippen molar-refractivity contribution in [2.45, 2.75) is 19.9 Å². The van der Waals surface area contributed by atoms with Gasteiger partial charge < -0.3 is 10.4 Å². The number of nitrogens with one attached hydrogen (secondary N) is 2. The van der Waals surface area contributed by atoms with Gasteiger partial charge in [0.2, 0.25) is 0 Å². The minimum absolute atomic E-state index is 0.133. The predicted octanol–water partition coefficient (Wildman–Crippen LogP) is 2.56. The number of nitrogens with zero attached hydrogens (tertiary/aromatic N) is 2. The normalized spacial score (nSPS) is 11.9. The minimum Gasteiger partial charge on any atom is -0.507 e. The summed E-state index contributed by atoms with van der Waals surface area (Å²) in [5.74, 6) is -0.558. The number of aromatic hydroxyl groups is 1. The summed E-state index contributed by atoms with van der Waals surface area (Å²) in [4.78, 5) is 22.2. The Labute approximate surface area is 144 Å². The highest BCUT2D eigenvalue weighted by Crippen LogP contribution is 2.21. The summed E-state index contributed by atoms with van der Waals surface area (Å²) in [6.45, 7) is 3.63. The highest BCUT2D eigenvalue weighted by atomic mass is 16.6. The van der Waals surface area contributed by atoms with Crippen LogP contribution in [0.4, 0.5) is 11.4 Å². The Morgan fingerprint density at radius 3 is 2.76 bits per heavy atom. The van der Waals surface area contributed by atoms with Gasteiger partial charge in [-0.25, -0.2) is 5.43 Å². The molecule has 1 amide bonds. The first kappa shape index (κ1) is 17.9. The number of hydrazone groups is 1. The van der Waals surface area contributed by atoms with Crippen LogP contribution < -0.4 is 10.7 Å². The second kappa shape index (κ2) is 7.91. The van der Waals surface area contributed by atoms with Crippen molar-refractivity contribution < 1.29 is 14.8 Å². The molecule has 2 aromatic rings. The largest absolute Gasteiger partial charge is 0.507 e. The number of hydrogen-bond acceptors (Lipinski definition) is 6. The summed E-state index contributed by atoms with van der Waals surface area (Å²) in [5, 5.41) is 27.2. The molecule has 0 bridgehead atoms. The molecule has 0 unspecified atom stereocenters. The van der Waals surface area contributed by atoms with E-state index in [2.05, 4.69) is 15.8 Å².